The molecule has 94 valence electrons. The molecule has 0 aliphatic rings. The molecule has 17 heavy (non-hydrogen) atoms. The lowest BCUT2D eigenvalue weighted by Gasteiger charge is -2.08. The minimum Gasteiger partial charge on any atom is -0.299 e. The number of halogens is 4. The lowest BCUT2D eigenvalue weighted by molar-refractivity contribution is -0.137. The number of ketones is 1. The molecule has 1 nitrogen and oxygen atoms in total. The Morgan fingerprint density at radius 2 is 2.00 bits per heavy atom. The molecule has 0 saturated carbocycles. The van der Waals surface area contributed by atoms with E-state index in [1.54, 1.807) is 0 Å². The van der Waals surface area contributed by atoms with E-state index in [1.165, 1.54) is 12.1 Å². The van der Waals surface area contributed by atoms with Crippen molar-refractivity contribution in [2.24, 2.45) is 0 Å². The van der Waals surface area contributed by atoms with Gasteiger partial charge in [0, 0.05) is 18.7 Å². The van der Waals surface area contributed by atoms with Crippen LogP contribution in [-0.2, 0) is 17.4 Å². The zero-order chi connectivity index (χ0) is 12.9. The fourth-order valence-electron chi connectivity index (χ4n) is 1.44. The van der Waals surface area contributed by atoms with Crippen LogP contribution in [-0.4, -0.2) is 11.7 Å². The molecule has 0 aliphatic carbocycles. The van der Waals surface area contributed by atoms with E-state index < -0.39 is 11.7 Å². The van der Waals surface area contributed by atoms with Crippen molar-refractivity contribution in [3.63, 3.8) is 0 Å². The second kappa shape index (κ2) is 6.05. The monoisotopic (exact) mass is 264 g/mol. The molecular formula is C12H12ClF3O. The third kappa shape index (κ3) is 4.77. The summed E-state index contributed by atoms with van der Waals surface area (Å²) in [6.07, 6.45) is -3.48. The predicted molar refractivity (Wildman–Crippen MR) is 60.1 cm³/mol. The summed E-state index contributed by atoms with van der Waals surface area (Å²) in [5.41, 5.74) is -0.334. The predicted octanol–water partition coefficient (Wildman–Crippen LogP) is 3.84. The third-order valence-electron chi connectivity index (χ3n) is 2.24. The van der Waals surface area contributed by atoms with Gasteiger partial charge in [-0.1, -0.05) is 18.2 Å². The van der Waals surface area contributed by atoms with Gasteiger partial charge >= 0.3 is 6.18 Å². The van der Waals surface area contributed by atoms with Crippen LogP contribution in [0.3, 0.4) is 0 Å². The van der Waals surface area contributed by atoms with Crippen molar-refractivity contribution in [1.82, 2.24) is 0 Å². The summed E-state index contributed by atoms with van der Waals surface area (Å²) in [5, 5.41) is 0. The Hall–Kier alpha value is -1.03. The van der Waals surface area contributed by atoms with Gasteiger partial charge in [0.15, 0.2) is 0 Å². The van der Waals surface area contributed by atoms with E-state index in [2.05, 4.69) is 0 Å². The van der Waals surface area contributed by atoms with Crippen LogP contribution < -0.4 is 0 Å². The van der Waals surface area contributed by atoms with E-state index in [0.29, 0.717) is 24.3 Å². The Morgan fingerprint density at radius 1 is 1.29 bits per heavy atom. The zero-order valence-electron chi connectivity index (χ0n) is 9.06. The van der Waals surface area contributed by atoms with Crippen molar-refractivity contribution in [2.45, 2.75) is 25.4 Å². The average Bonchev–Trinajstić information content (AvgIpc) is 2.25. The highest BCUT2D eigenvalue weighted by Gasteiger charge is 2.30. The summed E-state index contributed by atoms with van der Waals surface area (Å²) in [5.74, 6) is 0.291. The normalized spacial score (nSPS) is 11.5. The Morgan fingerprint density at radius 3 is 2.59 bits per heavy atom. The van der Waals surface area contributed by atoms with Gasteiger partial charge in [-0.05, 0) is 18.1 Å². The molecule has 1 aromatic rings. The van der Waals surface area contributed by atoms with Crippen molar-refractivity contribution < 1.29 is 18.0 Å². The number of benzene rings is 1. The molecule has 1 aromatic carbocycles. The standard InChI is InChI=1S/C12H12ClF3O/c13-6-2-5-11(17)8-9-3-1-4-10(7-9)12(14,15)16/h1,3-4,7H,2,5-6,8H2. The van der Waals surface area contributed by atoms with Gasteiger partial charge in [0.05, 0.1) is 5.56 Å². The Bertz CT molecular complexity index is 388. The summed E-state index contributed by atoms with van der Waals surface area (Å²) < 4.78 is 37.2. The molecule has 0 aromatic heterocycles. The van der Waals surface area contributed by atoms with Crippen molar-refractivity contribution in [3.8, 4) is 0 Å². The SMILES string of the molecule is O=C(CCCCl)Cc1cccc(C(F)(F)F)c1. The molecule has 0 aliphatic heterocycles. The Balaban J connectivity index is 2.69. The molecule has 0 heterocycles. The summed E-state index contributed by atoms with van der Waals surface area (Å²) in [7, 11) is 0. The molecule has 0 spiro atoms. The van der Waals surface area contributed by atoms with E-state index in [-0.39, 0.29) is 12.2 Å². The maximum absolute atomic E-state index is 12.4. The van der Waals surface area contributed by atoms with E-state index in [9.17, 15) is 18.0 Å². The molecular weight excluding hydrogens is 253 g/mol. The molecule has 5 heteroatoms. The second-order valence-electron chi connectivity index (χ2n) is 3.71. The van der Waals surface area contributed by atoms with Crippen LogP contribution in [0.4, 0.5) is 13.2 Å². The van der Waals surface area contributed by atoms with Gasteiger partial charge in [-0.2, -0.15) is 13.2 Å². The number of hydrogen-bond acceptors (Lipinski definition) is 1. The van der Waals surface area contributed by atoms with Crippen LogP contribution in [0.1, 0.15) is 24.0 Å². The largest absolute Gasteiger partial charge is 0.416 e. The van der Waals surface area contributed by atoms with Crippen molar-refractivity contribution in [2.75, 3.05) is 5.88 Å². The summed E-state index contributed by atoms with van der Waals surface area (Å²) in [6.45, 7) is 0. The quantitative estimate of drug-likeness (QED) is 0.739. The molecule has 0 bridgehead atoms. The maximum Gasteiger partial charge on any atom is 0.416 e. The van der Waals surface area contributed by atoms with Crippen LogP contribution in [0.15, 0.2) is 24.3 Å². The highest BCUT2D eigenvalue weighted by Crippen LogP contribution is 2.29. The third-order valence-corrected chi connectivity index (χ3v) is 2.51. The Kier molecular flexibility index (Phi) is 5.00. The highest BCUT2D eigenvalue weighted by atomic mass is 35.5. The summed E-state index contributed by atoms with van der Waals surface area (Å²) in [6, 6.07) is 4.84. The molecule has 0 amide bonds. The van der Waals surface area contributed by atoms with Crippen LogP contribution in [0.5, 0.6) is 0 Å². The first-order valence-electron chi connectivity index (χ1n) is 5.17. The van der Waals surface area contributed by atoms with Crippen molar-refractivity contribution >= 4 is 17.4 Å². The minimum atomic E-state index is -4.37. The minimum absolute atomic E-state index is 0.0286. The van der Waals surface area contributed by atoms with Gasteiger partial charge in [0.25, 0.3) is 0 Å². The number of carbonyl (C=O) groups excluding carboxylic acids is 1. The molecule has 0 unspecified atom stereocenters. The van der Waals surface area contributed by atoms with Gasteiger partial charge in [0.1, 0.15) is 5.78 Å². The van der Waals surface area contributed by atoms with Crippen LogP contribution in [0.25, 0.3) is 0 Å². The smallest absolute Gasteiger partial charge is 0.299 e. The van der Waals surface area contributed by atoms with Crippen LogP contribution in [0.2, 0.25) is 0 Å². The first kappa shape index (κ1) is 14.0. The molecule has 0 radical (unpaired) electrons. The Labute approximate surface area is 103 Å². The average molecular weight is 265 g/mol. The fraction of sp³-hybridized carbons (Fsp3) is 0.417. The van der Waals surface area contributed by atoms with Crippen molar-refractivity contribution in [3.05, 3.63) is 35.4 Å². The zero-order valence-corrected chi connectivity index (χ0v) is 9.81. The summed E-state index contributed by atoms with van der Waals surface area (Å²) in [4.78, 5) is 11.4. The number of hydrogen-bond donors (Lipinski definition) is 0. The maximum atomic E-state index is 12.4. The van der Waals surface area contributed by atoms with Gasteiger partial charge in [-0.25, -0.2) is 0 Å². The number of rotatable bonds is 5. The molecule has 1 rings (SSSR count). The molecule has 0 atom stereocenters. The van der Waals surface area contributed by atoms with Gasteiger partial charge in [-0.3, -0.25) is 4.79 Å². The first-order chi connectivity index (χ1) is 7.93. The van der Waals surface area contributed by atoms with E-state index in [4.69, 9.17) is 11.6 Å². The molecule has 0 fully saturated rings. The number of carbonyl (C=O) groups is 1. The first-order valence-corrected chi connectivity index (χ1v) is 5.70. The lowest BCUT2D eigenvalue weighted by atomic mass is 10.0. The van der Waals surface area contributed by atoms with Gasteiger partial charge < -0.3 is 0 Å². The highest BCUT2D eigenvalue weighted by molar-refractivity contribution is 6.17. The van der Waals surface area contributed by atoms with Gasteiger partial charge in [-0.15, -0.1) is 11.6 Å². The van der Waals surface area contributed by atoms with Gasteiger partial charge in [0.2, 0.25) is 0 Å². The van der Waals surface area contributed by atoms with E-state index in [0.717, 1.165) is 12.1 Å². The summed E-state index contributed by atoms with van der Waals surface area (Å²) >= 11 is 5.43. The van der Waals surface area contributed by atoms with Crippen LogP contribution >= 0.6 is 11.6 Å². The topological polar surface area (TPSA) is 17.1 Å². The van der Waals surface area contributed by atoms with E-state index in [1.807, 2.05) is 0 Å². The fourth-order valence-corrected chi connectivity index (χ4v) is 1.57. The molecule has 0 N–H and O–H groups in total. The van der Waals surface area contributed by atoms with Crippen molar-refractivity contribution in [1.29, 1.82) is 0 Å². The number of alkyl halides is 4. The van der Waals surface area contributed by atoms with Crippen LogP contribution in [0, 0.1) is 0 Å². The van der Waals surface area contributed by atoms with E-state index >= 15 is 0 Å². The molecule has 0 saturated heterocycles. The number of Topliss-reactive ketones (excluding diaryl/α,β-unsaturated/α-hetero) is 1. The lowest BCUT2D eigenvalue weighted by Crippen LogP contribution is -2.07. The second-order valence-corrected chi connectivity index (χ2v) is 4.08.